The first-order valence-corrected chi connectivity index (χ1v) is 8.25. The second-order valence-electron chi connectivity index (χ2n) is 4.98. The zero-order chi connectivity index (χ0) is 15.3. The fraction of sp³-hybridized carbons (Fsp3) is 0.462. The van der Waals surface area contributed by atoms with E-state index in [0.717, 1.165) is 6.42 Å². The van der Waals surface area contributed by atoms with Crippen LogP contribution in [0.1, 0.15) is 20.3 Å². The Labute approximate surface area is 153 Å². The molecule has 0 saturated carbocycles. The Bertz CT molecular complexity index is 558. The quantitative estimate of drug-likeness (QED) is 0.401. The summed E-state index contributed by atoms with van der Waals surface area (Å²) in [6.07, 6.45) is 0.725. The smallest absolute Gasteiger partial charge is 0.744 e. The van der Waals surface area contributed by atoms with E-state index in [-0.39, 0.29) is 46.3 Å². The number of benzene rings is 1. The largest absolute Gasteiger partial charge is 1.00 e. The van der Waals surface area contributed by atoms with Crippen LogP contribution in [0.5, 0.6) is 0 Å². The predicted molar refractivity (Wildman–Crippen MR) is 79.8 cm³/mol. The van der Waals surface area contributed by atoms with Crippen molar-refractivity contribution in [3.05, 3.63) is 24.3 Å². The third-order valence-electron chi connectivity index (χ3n) is 2.76. The number of thiol groups is 1. The van der Waals surface area contributed by atoms with Crippen molar-refractivity contribution in [2.45, 2.75) is 25.2 Å². The summed E-state index contributed by atoms with van der Waals surface area (Å²) in [6, 6.07) is 5.15. The first-order valence-electron chi connectivity index (χ1n) is 6.21. The molecule has 1 atom stereocenters. The molecule has 1 amide bonds. The molecular weight excluding hydrogens is 321 g/mol. The van der Waals surface area contributed by atoms with E-state index < -0.39 is 10.1 Å². The van der Waals surface area contributed by atoms with E-state index in [4.69, 9.17) is 0 Å². The molecule has 1 unspecified atom stereocenters. The SMILES string of the molecule is CC(C)CC(CS)C(=O)Nc1ccc(S(=O)(=O)[O-])cc1.[Na+]. The minimum Gasteiger partial charge on any atom is -0.744 e. The number of carbonyl (C=O) groups is 1. The van der Waals surface area contributed by atoms with Crippen molar-refractivity contribution >= 4 is 34.3 Å². The maximum Gasteiger partial charge on any atom is 1.00 e. The van der Waals surface area contributed by atoms with Crippen LogP contribution < -0.4 is 34.9 Å². The first kappa shape index (κ1) is 20.9. The van der Waals surface area contributed by atoms with E-state index in [1.54, 1.807) is 0 Å². The molecule has 0 aromatic heterocycles. The van der Waals surface area contributed by atoms with E-state index in [0.29, 0.717) is 17.4 Å². The van der Waals surface area contributed by atoms with Crippen molar-refractivity contribution in [3.63, 3.8) is 0 Å². The Morgan fingerprint density at radius 3 is 2.19 bits per heavy atom. The molecule has 0 aliphatic carbocycles. The van der Waals surface area contributed by atoms with Crippen LogP contribution in [-0.2, 0) is 14.9 Å². The molecule has 0 radical (unpaired) electrons. The molecule has 21 heavy (non-hydrogen) atoms. The summed E-state index contributed by atoms with van der Waals surface area (Å²) in [4.78, 5) is 11.7. The molecule has 0 heterocycles. The Hall–Kier alpha value is -0.0500. The zero-order valence-electron chi connectivity index (χ0n) is 12.4. The Morgan fingerprint density at radius 2 is 1.81 bits per heavy atom. The Balaban J connectivity index is 0.00000400. The molecule has 0 spiro atoms. The standard InChI is InChI=1S/C13H19NO4S2.Na/c1-9(2)7-10(8-19)13(15)14-11-3-5-12(6-4-11)20(16,17)18;/h3-6,9-10,19H,7-8H2,1-2H3,(H,14,15)(H,16,17,18);/q;+1/p-1. The molecule has 1 N–H and O–H groups in total. The van der Waals surface area contributed by atoms with Crippen molar-refractivity contribution in [2.75, 3.05) is 11.1 Å². The van der Waals surface area contributed by atoms with Crippen molar-refractivity contribution in [1.82, 2.24) is 0 Å². The molecular formula is C13H18NNaO4S2. The number of nitrogens with one attached hydrogen (secondary N) is 1. The average Bonchev–Trinajstić information content (AvgIpc) is 2.35. The van der Waals surface area contributed by atoms with Crippen molar-refractivity contribution < 1.29 is 47.3 Å². The van der Waals surface area contributed by atoms with Gasteiger partial charge in [0.05, 0.1) is 4.90 Å². The van der Waals surface area contributed by atoms with Crippen LogP contribution >= 0.6 is 12.6 Å². The van der Waals surface area contributed by atoms with Crippen LogP contribution in [0, 0.1) is 11.8 Å². The molecule has 0 aliphatic heterocycles. The second kappa shape index (κ2) is 9.17. The number of hydrogen-bond acceptors (Lipinski definition) is 5. The van der Waals surface area contributed by atoms with E-state index >= 15 is 0 Å². The summed E-state index contributed by atoms with van der Waals surface area (Å²) >= 11 is 4.17. The average molecular weight is 339 g/mol. The van der Waals surface area contributed by atoms with Gasteiger partial charge in [0.15, 0.2) is 0 Å². The van der Waals surface area contributed by atoms with Crippen LogP contribution in [0.15, 0.2) is 29.2 Å². The van der Waals surface area contributed by atoms with Crippen LogP contribution in [-0.4, -0.2) is 24.6 Å². The molecule has 0 aliphatic rings. The van der Waals surface area contributed by atoms with E-state index in [9.17, 15) is 17.8 Å². The molecule has 1 aromatic rings. The molecule has 112 valence electrons. The van der Waals surface area contributed by atoms with Crippen molar-refractivity contribution in [2.24, 2.45) is 11.8 Å². The van der Waals surface area contributed by atoms with Gasteiger partial charge >= 0.3 is 29.6 Å². The minimum atomic E-state index is -4.46. The van der Waals surface area contributed by atoms with E-state index in [1.807, 2.05) is 13.8 Å². The van der Waals surface area contributed by atoms with Gasteiger partial charge in [0.25, 0.3) is 0 Å². The van der Waals surface area contributed by atoms with E-state index in [1.165, 1.54) is 24.3 Å². The zero-order valence-corrected chi connectivity index (χ0v) is 16.1. The van der Waals surface area contributed by atoms with Gasteiger partial charge in [-0.25, -0.2) is 8.42 Å². The Kier molecular flexibility index (Phi) is 9.15. The number of hydrogen-bond donors (Lipinski definition) is 2. The summed E-state index contributed by atoms with van der Waals surface area (Å²) in [7, 11) is -4.46. The van der Waals surface area contributed by atoms with Gasteiger partial charge in [0, 0.05) is 17.4 Å². The van der Waals surface area contributed by atoms with Crippen molar-refractivity contribution in [1.29, 1.82) is 0 Å². The monoisotopic (exact) mass is 339 g/mol. The number of anilines is 1. The second-order valence-corrected chi connectivity index (χ2v) is 6.72. The molecule has 1 aromatic carbocycles. The minimum absolute atomic E-state index is 0. The van der Waals surface area contributed by atoms with Crippen LogP contribution in [0.4, 0.5) is 5.69 Å². The summed E-state index contributed by atoms with van der Waals surface area (Å²) < 4.78 is 32.4. The molecule has 0 fully saturated rings. The topological polar surface area (TPSA) is 86.3 Å². The van der Waals surface area contributed by atoms with Crippen LogP contribution in [0.25, 0.3) is 0 Å². The molecule has 5 nitrogen and oxygen atoms in total. The van der Waals surface area contributed by atoms with Gasteiger partial charge in [0.1, 0.15) is 10.1 Å². The third kappa shape index (κ3) is 7.17. The van der Waals surface area contributed by atoms with Gasteiger partial charge in [-0.1, -0.05) is 13.8 Å². The van der Waals surface area contributed by atoms with Gasteiger partial charge in [0.2, 0.25) is 5.91 Å². The molecule has 8 heteroatoms. The fourth-order valence-corrected chi connectivity index (χ4v) is 2.57. The number of rotatable bonds is 6. The maximum atomic E-state index is 12.0. The Morgan fingerprint density at radius 1 is 1.29 bits per heavy atom. The van der Waals surface area contributed by atoms with Crippen molar-refractivity contribution in [3.8, 4) is 0 Å². The van der Waals surface area contributed by atoms with Gasteiger partial charge < -0.3 is 9.87 Å². The summed E-state index contributed by atoms with van der Waals surface area (Å²) in [5.74, 6) is 0.454. The molecule has 1 rings (SSSR count). The van der Waals surface area contributed by atoms with Crippen LogP contribution in [0.2, 0.25) is 0 Å². The maximum absolute atomic E-state index is 12.0. The molecule has 0 saturated heterocycles. The first-order chi connectivity index (χ1) is 9.24. The summed E-state index contributed by atoms with van der Waals surface area (Å²) in [5, 5.41) is 2.69. The molecule has 0 bridgehead atoms. The van der Waals surface area contributed by atoms with E-state index in [2.05, 4.69) is 17.9 Å². The summed E-state index contributed by atoms with van der Waals surface area (Å²) in [6.45, 7) is 4.05. The van der Waals surface area contributed by atoms with Gasteiger partial charge in [-0.2, -0.15) is 12.6 Å². The van der Waals surface area contributed by atoms with Gasteiger partial charge in [-0.05, 0) is 36.6 Å². The third-order valence-corrected chi connectivity index (χ3v) is 4.05. The fourth-order valence-electron chi connectivity index (χ4n) is 1.78. The summed E-state index contributed by atoms with van der Waals surface area (Å²) in [5.41, 5.74) is 0.456. The van der Waals surface area contributed by atoms with Gasteiger partial charge in [-0.15, -0.1) is 0 Å². The predicted octanol–water partition coefficient (Wildman–Crippen LogP) is -0.875. The number of amides is 1. The normalized spacial score (nSPS) is 12.6. The number of carbonyl (C=O) groups excluding carboxylic acids is 1. The van der Waals surface area contributed by atoms with Gasteiger partial charge in [-0.3, -0.25) is 4.79 Å². The van der Waals surface area contributed by atoms with Crippen LogP contribution in [0.3, 0.4) is 0 Å².